The van der Waals surface area contributed by atoms with Crippen molar-refractivity contribution in [1.29, 1.82) is 0 Å². The van der Waals surface area contributed by atoms with Crippen molar-refractivity contribution in [3.05, 3.63) is 34.9 Å². The van der Waals surface area contributed by atoms with Crippen LogP contribution in [0, 0.1) is 0 Å². The highest BCUT2D eigenvalue weighted by molar-refractivity contribution is 6.30. The Kier molecular flexibility index (Phi) is 7.38. The van der Waals surface area contributed by atoms with Gasteiger partial charge in [-0.05, 0) is 37.0 Å². The van der Waals surface area contributed by atoms with Crippen LogP contribution < -0.4 is 5.32 Å². The van der Waals surface area contributed by atoms with Gasteiger partial charge < -0.3 is 5.32 Å². The average molecular weight is 268 g/mol. The molecule has 102 valence electrons. The van der Waals surface area contributed by atoms with Crippen molar-refractivity contribution in [3.8, 4) is 0 Å². The maximum atomic E-state index is 5.96. The fourth-order valence-corrected chi connectivity index (χ4v) is 2.49. The van der Waals surface area contributed by atoms with E-state index in [0.717, 1.165) is 5.02 Å². The zero-order valence-electron chi connectivity index (χ0n) is 11.9. The van der Waals surface area contributed by atoms with Crippen LogP contribution in [0.3, 0.4) is 0 Å². The molecule has 0 aliphatic carbocycles. The third kappa shape index (κ3) is 4.99. The van der Waals surface area contributed by atoms with E-state index in [0.29, 0.717) is 12.1 Å². The van der Waals surface area contributed by atoms with Crippen molar-refractivity contribution >= 4 is 11.6 Å². The van der Waals surface area contributed by atoms with Crippen molar-refractivity contribution in [2.75, 3.05) is 0 Å². The lowest BCUT2D eigenvalue weighted by molar-refractivity contribution is 0.384. The van der Waals surface area contributed by atoms with Crippen LogP contribution in [0.15, 0.2) is 24.3 Å². The summed E-state index contributed by atoms with van der Waals surface area (Å²) < 4.78 is 0. The third-order valence-electron chi connectivity index (χ3n) is 3.42. The molecule has 0 spiro atoms. The van der Waals surface area contributed by atoms with Gasteiger partial charge in [-0.1, -0.05) is 57.3 Å². The van der Waals surface area contributed by atoms with E-state index >= 15 is 0 Å². The van der Waals surface area contributed by atoms with Crippen LogP contribution in [0.2, 0.25) is 5.02 Å². The topological polar surface area (TPSA) is 12.0 Å². The van der Waals surface area contributed by atoms with Gasteiger partial charge in [0, 0.05) is 17.1 Å². The Bertz CT molecular complexity index is 320. The Morgan fingerprint density at radius 1 is 1.00 bits per heavy atom. The van der Waals surface area contributed by atoms with E-state index in [-0.39, 0.29) is 0 Å². The number of benzene rings is 1. The molecule has 0 aromatic heterocycles. The summed E-state index contributed by atoms with van der Waals surface area (Å²) in [5.41, 5.74) is 1.36. The number of nitrogens with one attached hydrogen (secondary N) is 1. The van der Waals surface area contributed by atoms with Gasteiger partial charge >= 0.3 is 0 Å². The minimum absolute atomic E-state index is 0.462. The highest BCUT2D eigenvalue weighted by Crippen LogP contribution is 2.22. The van der Waals surface area contributed by atoms with Crippen LogP contribution in [0.4, 0.5) is 0 Å². The lowest BCUT2D eigenvalue weighted by Crippen LogP contribution is -2.32. The number of hydrogen-bond acceptors (Lipinski definition) is 1. The summed E-state index contributed by atoms with van der Waals surface area (Å²) in [7, 11) is 0. The summed E-state index contributed by atoms with van der Waals surface area (Å²) >= 11 is 5.96. The van der Waals surface area contributed by atoms with Gasteiger partial charge in [0.2, 0.25) is 0 Å². The first-order valence-electron chi connectivity index (χ1n) is 7.22. The van der Waals surface area contributed by atoms with Gasteiger partial charge in [0.05, 0.1) is 0 Å². The molecule has 1 aromatic carbocycles. The van der Waals surface area contributed by atoms with Crippen molar-refractivity contribution in [1.82, 2.24) is 5.32 Å². The minimum atomic E-state index is 0.462. The maximum Gasteiger partial charge on any atom is 0.0406 e. The van der Waals surface area contributed by atoms with E-state index in [1.807, 2.05) is 12.1 Å². The van der Waals surface area contributed by atoms with Crippen LogP contribution in [0.5, 0.6) is 0 Å². The Morgan fingerprint density at radius 2 is 1.61 bits per heavy atom. The van der Waals surface area contributed by atoms with Crippen molar-refractivity contribution in [3.63, 3.8) is 0 Å². The lowest BCUT2D eigenvalue weighted by Gasteiger charge is -2.25. The van der Waals surface area contributed by atoms with Gasteiger partial charge in [-0.25, -0.2) is 0 Å². The smallest absolute Gasteiger partial charge is 0.0406 e. The van der Waals surface area contributed by atoms with Gasteiger partial charge in [-0.2, -0.15) is 0 Å². The fraction of sp³-hybridized carbons (Fsp3) is 0.625. The van der Waals surface area contributed by atoms with E-state index in [9.17, 15) is 0 Å². The van der Waals surface area contributed by atoms with Crippen LogP contribution in [-0.4, -0.2) is 6.04 Å². The lowest BCUT2D eigenvalue weighted by atomic mass is 9.99. The number of hydrogen-bond donors (Lipinski definition) is 1. The summed E-state index contributed by atoms with van der Waals surface area (Å²) in [6.07, 6.45) is 6.07. The molecule has 2 heteroatoms. The molecule has 0 saturated heterocycles. The maximum absolute atomic E-state index is 5.96. The molecule has 0 bridgehead atoms. The Morgan fingerprint density at radius 3 is 2.11 bits per heavy atom. The fourth-order valence-electron chi connectivity index (χ4n) is 2.37. The molecule has 0 saturated carbocycles. The second kappa shape index (κ2) is 8.55. The molecule has 0 aliphatic heterocycles. The van der Waals surface area contributed by atoms with Crippen LogP contribution in [0.25, 0.3) is 0 Å². The monoisotopic (exact) mass is 267 g/mol. The normalized spacial score (nSPS) is 14.4. The largest absolute Gasteiger partial charge is 0.307 e. The minimum Gasteiger partial charge on any atom is -0.307 e. The molecular weight excluding hydrogens is 242 g/mol. The summed E-state index contributed by atoms with van der Waals surface area (Å²) in [5.74, 6) is 0. The van der Waals surface area contributed by atoms with Crippen LogP contribution >= 0.6 is 11.6 Å². The Balaban J connectivity index is 2.71. The number of halogens is 1. The molecule has 1 nitrogen and oxygen atoms in total. The second-order valence-electron chi connectivity index (χ2n) is 4.95. The molecular formula is C16H26ClN. The SMILES string of the molecule is CCCC(CC)NC(CCC)c1ccc(Cl)cc1. The third-order valence-corrected chi connectivity index (χ3v) is 3.67. The summed E-state index contributed by atoms with van der Waals surface area (Å²) in [6, 6.07) is 9.36. The first-order chi connectivity index (χ1) is 8.71. The molecule has 1 rings (SSSR count). The van der Waals surface area contributed by atoms with Gasteiger partial charge in [0.1, 0.15) is 0 Å². The predicted octanol–water partition coefficient (Wildman–Crippen LogP) is 5.35. The quantitative estimate of drug-likeness (QED) is 0.669. The second-order valence-corrected chi connectivity index (χ2v) is 5.39. The van der Waals surface area contributed by atoms with E-state index in [1.54, 1.807) is 0 Å². The Hall–Kier alpha value is -0.530. The first kappa shape index (κ1) is 15.5. The average Bonchev–Trinajstić information content (AvgIpc) is 2.38. The van der Waals surface area contributed by atoms with Gasteiger partial charge in [-0.3, -0.25) is 0 Å². The molecule has 1 aromatic rings. The zero-order valence-corrected chi connectivity index (χ0v) is 12.6. The standard InChI is InChI=1S/C16H26ClN/c1-4-7-15(6-3)18-16(8-5-2)13-9-11-14(17)12-10-13/h9-12,15-16,18H,4-8H2,1-3H3. The predicted molar refractivity (Wildman–Crippen MR) is 81.2 cm³/mol. The van der Waals surface area contributed by atoms with Gasteiger partial charge in [0.25, 0.3) is 0 Å². The van der Waals surface area contributed by atoms with Crippen molar-refractivity contribution < 1.29 is 0 Å². The molecule has 0 aliphatic rings. The van der Waals surface area contributed by atoms with E-state index in [2.05, 4.69) is 38.2 Å². The number of rotatable bonds is 8. The van der Waals surface area contributed by atoms with Gasteiger partial charge in [-0.15, -0.1) is 0 Å². The van der Waals surface area contributed by atoms with E-state index in [4.69, 9.17) is 11.6 Å². The molecule has 1 N–H and O–H groups in total. The molecule has 0 amide bonds. The van der Waals surface area contributed by atoms with Gasteiger partial charge in [0.15, 0.2) is 0 Å². The molecule has 18 heavy (non-hydrogen) atoms. The van der Waals surface area contributed by atoms with Crippen molar-refractivity contribution in [2.24, 2.45) is 0 Å². The molecule has 0 heterocycles. The molecule has 0 radical (unpaired) electrons. The van der Waals surface area contributed by atoms with E-state index in [1.165, 1.54) is 37.7 Å². The first-order valence-corrected chi connectivity index (χ1v) is 7.60. The van der Waals surface area contributed by atoms with Crippen LogP contribution in [0.1, 0.15) is 64.5 Å². The summed E-state index contributed by atoms with van der Waals surface area (Å²) in [5, 5.41) is 4.61. The summed E-state index contributed by atoms with van der Waals surface area (Å²) in [6.45, 7) is 6.75. The van der Waals surface area contributed by atoms with Crippen molar-refractivity contribution in [2.45, 2.75) is 65.0 Å². The molecule has 2 unspecified atom stereocenters. The molecule has 0 fully saturated rings. The summed E-state index contributed by atoms with van der Waals surface area (Å²) in [4.78, 5) is 0. The Labute approximate surface area is 117 Å². The molecule has 2 atom stereocenters. The highest BCUT2D eigenvalue weighted by Gasteiger charge is 2.14. The zero-order chi connectivity index (χ0) is 13.4. The highest BCUT2D eigenvalue weighted by atomic mass is 35.5. The van der Waals surface area contributed by atoms with Crippen LogP contribution in [-0.2, 0) is 0 Å². The van der Waals surface area contributed by atoms with E-state index < -0.39 is 0 Å².